The van der Waals surface area contributed by atoms with E-state index in [1.807, 2.05) is 6.07 Å². The van der Waals surface area contributed by atoms with Crippen LogP contribution in [-0.2, 0) is 14.4 Å². The third-order valence-corrected chi connectivity index (χ3v) is 5.62. The fraction of sp³-hybridized carbons (Fsp3) is 0.400. The van der Waals surface area contributed by atoms with Crippen molar-refractivity contribution in [3.63, 3.8) is 0 Å². The van der Waals surface area contributed by atoms with Crippen molar-refractivity contribution in [3.8, 4) is 6.07 Å². The van der Waals surface area contributed by atoms with Crippen molar-refractivity contribution in [1.82, 2.24) is 21.3 Å². The summed E-state index contributed by atoms with van der Waals surface area (Å²) >= 11 is 5.99. The zero-order chi connectivity index (χ0) is 22.5. The Morgan fingerprint density at radius 3 is 2.39 bits per heavy atom. The lowest BCUT2D eigenvalue weighted by Crippen LogP contribution is -2.42. The number of nitrogens with zero attached hydrogens (tertiary/aromatic N) is 1. The molecule has 1 aliphatic carbocycles. The Morgan fingerprint density at radius 2 is 1.77 bits per heavy atom. The van der Waals surface area contributed by atoms with E-state index in [4.69, 9.17) is 16.9 Å². The third kappa shape index (κ3) is 5.06. The highest BCUT2D eigenvalue weighted by atomic mass is 35.5. The van der Waals surface area contributed by atoms with Gasteiger partial charge in [-0.1, -0.05) is 11.6 Å². The first-order valence-corrected chi connectivity index (χ1v) is 10.2. The molecule has 1 fully saturated rings. The molecule has 0 bridgehead atoms. The second-order valence-corrected chi connectivity index (χ2v) is 7.70. The maximum Gasteiger partial charge on any atom is 0.269 e. The second-order valence-electron chi connectivity index (χ2n) is 7.29. The van der Waals surface area contributed by atoms with Gasteiger partial charge >= 0.3 is 0 Å². The smallest absolute Gasteiger partial charge is 0.269 e. The second kappa shape index (κ2) is 9.66. The first-order valence-electron chi connectivity index (χ1n) is 9.79. The number of nitrogens with one attached hydrogen (secondary N) is 5. The van der Waals surface area contributed by atoms with E-state index in [9.17, 15) is 18.8 Å². The summed E-state index contributed by atoms with van der Waals surface area (Å²) < 4.78 is 13.4. The van der Waals surface area contributed by atoms with Gasteiger partial charge < -0.3 is 26.6 Å². The molecule has 9 nitrogen and oxygen atoms in total. The number of likely N-dealkylation sites (N-methyl/N-ethyl adjacent to an activating group) is 1. The lowest BCUT2D eigenvalue weighted by atomic mass is 9.85. The van der Waals surface area contributed by atoms with E-state index in [0.717, 1.165) is 12.1 Å². The van der Waals surface area contributed by atoms with Crippen molar-refractivity contribution in [3.05, 3.63) is 39.9 Å². The Balaban J connectivity index is 1.57. The van der Waals surface area contributed by atoms with Crippen LogP contribution in [0.25, 0.3) is 0 Å². The minimum Gasteiger partial charge on any atom is -0.362 e. The van der Waals surface area contributed by atoms with Gasteiger partial charge in [-0.2, -0.15) is 5.26 Å². The van der Waals surface area contributed by atoms with E-state index in [-0.39, 0.29) is 64.0 Å². The molecule has 2 aliphatic rings. The molecule has 0 atom stereocenters. The fourth-order valence-corrected chi connectivity index (χ4v) is 3.94. The van der Waals surface area contributed by atoms with Crippen molar-refractivity contribution in [2.75, 3.05) is 19.0 Å². The van der Waals surface area contributed by atoms with E-state index in [2.05, 4.69) is 26.6 Å². The molecule has 3 rings (SSSR count). The van der Waals surface area contributed by atoms with Crippen LogP contribution in [0.3, 0.4) is 0 Å². The van der Waals surface area contributed by atoms with E-state index < -0.39 is 5.82 Å². The minimum absolute atomic E-state index is 0.0382. The Labute approximate surface area is 183 Å². The van der Waals surface area contributed by atoms with Gasteiger partial charge in [-0.25, -0.2) is 4.39 Å². The predicted octanol–water partition coefficient (Wildman–Crippen LogP) is 1.07. The summed E-state index contributed by atoms with van der Waals surface area (Å²) in [4.78, 5) is 37.0. The SMILES string of the molecule is CNC(=O)C1=C(C(=O)NC2CCC(C(=O)Nc3c(Cl)cc(F)cc3C#N)CC2)NCN1. The van der Waals surface area contributed by atoms with Gasteiger partial charge in [0.15, 0.2) is 0 Å². The first-order chi connectivity index (χ1) is 14.8. The molecule has 1 saturated carbocycles. The van der Waals surface area contributed by atoms with Crippen molar-refractivity contribution in [2.45, 2.75) is 31.7 Å². The number of amides is 3. The summed E-state index contributed by atoms with van der Waals surface area (Å²) in [6.07, 6.45) is 2.18. The zero-order valence-electron chi connectivity index (χ0n) is 16.8. The van der Waals surface area contributed by atoms with Crippen LogP contribution in [0.4, 0.5) is 10.1 Å². The largest absolute Gasteiger partial charge is 0.362 e. The molecular weight excluding hydrogens is 427 g/mol. The molecule has 3 amide bonds. The molecule has 5 N–H and O–H groups in total. The maximum absolute atomic E-state index is 13.4. The lowest BCUT2D eigenvalue weighted by Gasteiger charge is -2.28. The average Bonchev–Trinajstić information content (AvgIpc) is 3.25. The van der Waals surface area contributed by atoms with Crippen LogP contribution < -0.4 is 26.6 Å². The van der Waals surface area contributed by atoms with Gasteiger partial charge in [0.05, 0.1) is 22.9 Å². The van der Waals surface area contributed by atoms with Crippen molar-refractivity contribution >= 4 is 35.0 Å². The van der Waals surface area contributed by atoms with E-state index >= 15 is 0 Å². The van der Waals surface area contributed by atoms with Crippen LogP contribution in [0.15, 0.2) is 23.5 Å². The standard InChI is InChI=1S/C20H22ClFN6O3/c1-24-19(30)16-17(26-9-25-16)20(31)27-13-4-2-10(3-5-13)18(29)28-15-11(8-23)6-12(22)7-14(15)21/h6-7,10,13,25-26H,2-5,9H2,1H3,(H,24,30)(H,27,31)(H,28,29). The summed E-state index contributed by atoms with van der Waals surface area (Å²) in [6, 6.07) is 3.74. The molecule has 0 saturated heterocycles. The number of anilines is 1. The van der Waals surface area contributed by atoms with Crippen LogP contribution in [-0.4, -0.2) is 37.5 Å². The van der Waals surface area contributed by atoms with Gasteiger partial charge in [0, 0.05) is 19.0 Å². The van der Waals surface area contributed by atoms with Gasteiger partial charge in [0.25, 0.3) is 11.8 Å². The molecule has 0 aromatic heterocycles. The predicted molar refractivity (Wildman–Crippen MR) is 111 cm³/mol. The van der Waals surface area contributed by atoms with Crippen molar-refractivity contribution < 1.29 is 18.8 Å². The number of hydrogen-bond acceptors (Lipinski definition) is 6. The molecule has 11 heteroatoms. The average molecular weight is 449 g/mol. The number of hydrogen-bond donors (Lipinski definition) is 5. The Hall–Kier alpha value is -3.32. The number of carbonyl (C=O) groups excluding carboxylic acids is 3. The normalized spacial score (nSPS) is 20.2. The van der Waals surface area contributed by atoms with Crippen LogP contribution in [0.2, 0.25) is 5.02 Å². The maximum atomic E-state index is 13.4. The van der Waals surface area contributed by atoms with Gasteiger partial charge in [0.1, 0.15) is 23.3 Å². The summed E-state index contributed by atoms with van der Waals surface area (Å²) in [6.45, 7) is 0.287. The molecule has 1 aromatic carbocycles. The van der Waals surface area contributed by atoms with E-state index in [1.54, 1.807) is 0 Å². The van der Waals surface area contributed by atoms with Crippen molar-refractivity contribution in [1.29, 1.82) is 5.26 Å². The molecule has 1 aliphatic heterocycles. The Bertz CT molecular complexity index is 982. The third-order valence-electron chi connectivity index (χ3n) is 5.32. The van der Waals surface area contributed by atoms with E-state index in [0.29, 0.717) is 25.7 Å². The quantitative estimate of drug-likeness (QED) is 0.457. The zero-order valence-corrected chi connectivity index (χ0v) is 17.5. The van der Waals surface area contributed by atoms with Gasteiger partial charge in [-0.15, -0.1) is 0 Å². The van der Waals surface area contributed by atoms with Crippen LogP contribution in [0, 0.1) is 23.1 Å². The Morgan fingerprint density at radius 1 is 1.13 bits per heavy atom. The van der Waals surface area contributed by atoms with Gasteiger partial charge in [-0.3, -0.25) is 14.4 Å². The molecule has 1 aromatic rings. The summed E-state index contributed by atoms with van der Waals surface area (Å²) in [5.74, 6) is -2.05. The van der Waals surface area contributed by atoms with Gasteiger partial charge in [0.2, 0.25) is 5.91 Å². The topological polar surface area (TPSA) is 135 Å². The van der Waals surface area contributed by atoms with E-state index in [1.165, 1.54) is 7.05 Å². The molecule has 0 radical (unpaired) electrons. The number of carbonyl (C=O) groups is 3. The molecule has 0 unspecified atom stereocenters. The molecule has 1 heterocycles. The monoisotopic (exact) mass is 448 g/mol. The lowest BCUT2D eigenvalue weighted by molar-refractivity contribution is -0.121. The number of nitriles is 1. The minimum atomic E-state index is -0.655. The van der Waals surface area contributed by atoms with Crippen LogP contribution in [0.1, 0.15) is 31.2 Å². The van der Waals surface area contributed by atoms with Crippen LogP contribution in [0.5, 0.6) is 0 Å². The van der Waals surface area contributed by atoms with Crippen LogP contribution >= 0.6 is 11.6 Å². The number of benzene rings is 1. The highest BCUT2D eigenvalue weighted by Crippen LogP contribution is 2.30. The molecule has 0 spiro atoms. The Kier molecular flexibility index (Phi) is 6.97. The summed E-state index contributed by atoms with van der Waals surface area (Å²) in [7, 11) is 1.48. The van der Waals surface area contributed by atoms with Gasteiger partial charge in [-0.05, 0) is 37.8 Å². The summed E-state index contributed by atoms with van der Waals surface area (Å²) in [5.41, 5.74) is 0.434. The summed E-state index contributed by atoms with van der Waals surface area (Å²) in [5, 5.41) is 22.8. The number of rotatable bonds is 5. The fourth-order valence-electron chi connectivity index (χ4n) is 3.68. The molecule has 31 heavy (non-hydrogen) atoms. The molecule has 164 valence electrons. The number of halogens is 2. The highest BCUT2D eigenvalue weighted by Gasteiger charge is 2.30. The highest BCUT2D eigenvalue weighted by molar-refractivity contribution is 6.34. The van der Waals surface area contributed by atoms with Crippen molar-refractivity contribution in [2.24, 2.45) is 5.92 Å². The first kappa shape index (κ1) is 22.4. The molecular formula is C20H22ClFN6O3.